The van der Waals surface area contributed by atoms with E-state index < -0.39 is 0 Å². The van der Waals surface area contributed by atoms with Crippen LogP contribution in [0.25, 0.3) is 22.8 Å². The summed E-state index contributed by atoms with van der Waals surface area (Å²) in [6.45, 7) is 5.60. The molecule has 3 aromatic rings. The molecule has 0 saturated heterocycles. The number of aromatic nitrogens is 2. The molecule has 1 aromatic carbocycles. The lowest BCUT2D eigenvalue weighted by molar-refractivity contribution is -0.112. The molecule has 0 radical (unpaired) electrons. The average Bonchev–Trinajstić information content (AvgIpc) is 3.34. The van der Waals surface area contributed by atoms with E-state index in [1.54, 1.807) is 0 Å². The third-order valence-electron chi connectivity index (χ3n) is 6.64. The number of benzene rings is 1. The van der Waals surface area contributed by atoms with E-state index in [1.807, 2.05) is 24.7 Å². The molecule has 0 bridgehead atoms. The number of carbonyl (C=O) groups is 1. The highest BCUT2D eigenvalue weighted by Crippen LogP contribution is 2.40. The van der Waals surface area contributed by atoms with Gasteiger partial charge in [0.25, 0.3) is 0 Å². The third kappa shape index (κ3) is 2.96. The second-order valence-electron chi connectivity index (χ2n) is 8.71. The van der Waals surface area contributed by atoms with Crippen molar-refractivity contribution in [3.8, 4) is 17.0 Å². The van der Waals surface area contributed by atoms with Crippen molar-refractivity contribution in [3.63, 3.8) is 0 Å². The Hall–Kier alpha value is -3.73. The number of fused-ring (bicyclic) bond motifs is 3. The number of Topliss-reactive ketones (excluding diaryl/α,β-unsaturated/α-hetero) is 1. The van der Waals surface area contributed by atoms with Crippen LogP contribution in [0.1, 0.15) is 33.4 Å². The van der Waals surface area contributed by atoms with Crippen molar-refractivity contribution in [2.75, 3.05) is 18.5 Å². The molecular formula is C27H23N3O2. The molecule has 32 heavy (non-hydrogen) atoms. The van der Waals surface area contributed by atoms with Gasteiger partial charge in [-0.25, -0.2) is 4.98 Å². The summed E-state index contributed by atoms with van der Waals surface area (Å²) in [6, 6.07) is 6.38. The normalized spacial score (nSPS) is 17.4. The van der Waals surface area contributed by atoms with E-state index in [9.17, 15) is 4.79 Å². The van der Waals surface area contributed by atoms with Gasteiger partial charge in [0.15, 0.2) is 5.78 Å². The molecule has 0 saturated carbocycles. The Morgan fingerprint density at radius 2 is 1.97 bits per heavy atom. The Balaban J connectivity index is 1.44. The number of rotatable bonds is 2. The zero-order valence-electron chi connectivity index (χ0n) is 18.2. The average molecular weight is 422 g/mol. The lowest BCUT2D eigenvalue weighted by atomic mass is 9.92. The quantitative estimate of drug-likeness (QED) is 0.607. The van der Waals surface area contributed by atoms with Crippen LogP contribution < -0.4 is 10.1 Å². The summed E-state index contributed by atoms with van der Waals surface area (Å²) in [5.41, 5.74) is 11.9. The third-order valence-corrected chi connectivity index (χ3v) is 6.64. The highest BCUT2D eigenvalue weighted by Gasteiger charge is 2.27. The van der Waals surface area contributed by atoms with Crippen LogP contribution in [0.2, 0.25) is 0 Å². The molecule has 2 aromatic heterocycles. The number of ether oxygens (including phenoxy) is 1. The van der Waals surface area contributed by atoms with Gasteiger partial charge in [0.2, 0.25) is 5.88 Å². The van der Waals surface area contributed by atoms with Crippen molar-refractivity contribution in [1.82, 2.24) is 9.97 Å². The van der Waals surface area contributed by atoms with Gasteiger partial charge in [-0.1, -0.05) is 6.07 Å². The highest BCUT2D eigenvalue weighted by molar-refractivity contribution is 6.26. The number of pyridine rings is 2. The number of carbonyl (C=O) groups excluding carboxylic acids is 1. The van der Waals surface area contributed by atoms with Crippen LogP contribution in [0.3, 0.4) is 0 Å². The first kappa shape index (κ1) is 19.0. The van der Waals surface area contributed by atoms with Gasteiger partial charge in [-0.3, -0.25) is 9.78 Å². The standard InChI is InChI=1S/C27H23N3O2/c1-15-7-19-11-25(31)23(10-17-8-18-3-4-28-13-20(18)9-17)22(19)12-21(15)24-14-30-27-26(16(24)2)29-5-6-32-27/h3-4,7,9-10,12-14,29H,5-6,8,11H2,1-2H3/b23-10-. The molecule has 3 heterocycles. The molecule has 5 heteroatoms. The number of nitrogens with zero attached hydrogens (tertiary/aromatic N) is 2. The van der Waals surface area contributed by atoms with Crippen molar-refractivity contribution in [3.05, 3.63) is 81.8 Å². The molecule has 1 aliphatic heterocycles. The van der Waals surface area contributed by atoms with Gasteiger partial charge < -0.3 is 10.1 Å². The Kier molecular flexibility index (Phi) is 4.25. The molecular weight excluding hydrogens is 398 g/mol. The van der Waals surface area contributed by atoms with Crippen LogP contribution in [0.5, 0.6) is 5.88 Å². The molecule has 5 nitrogen and oxygen atoms in total. The number of anilines is 1. The summed E-state index contributed by atoms with van der Waals surface area (Å²) in [4.78, 5) is 21.7. The lowest BCUT2D eigenvalue weighted by Gasteiger charge is -2.22. The molecule has 6 rings (SSSR count). The first-order valence-corrected chi connectivity index (χ1v) is 11.0. The minimum absolute atomic E-state index is 0.182. The fourth-order valence-corrected chi connectivity index (χ4v) is 5.00. The molecule has 2 aliphatic carbocycles. The van der Waals surface area contributed by atoms with Gasteiger partial charge in [0.1, 0.15) is 12.3 Å². The molecule has 0 atom stereocenters. The molecule has 0 fully saturated rings. The zero-order chi connectivity index (χ0) is 21.8. The van der Waals surface area contributed by atoms with Gasteiger partial charge in [0.05, 0.1) is 0 Å². The largest absolute Gasteiger partial charge is 0.474 e. The summed E-state index contributed by atoms with van der Waals surface area (Å²) in [5.74, 6) is 0.844. The van der Waals surface area contributed by atoms with Crippen LogP contribution in [-0.2, 0) is 17.6 Å². The maximum atomic E-state index is 13.0. The smallest absolute Gasteiger partial charge is 0.237 e. The van der Waals surface area contributed by atoms with Gasteiger partial charge in [0, 0.05) is 42.7 Å². The van der Waals surface area contributed by atoms with Crippen LogP contribution in [-0.4, -0.2) is 28.9 Å². The number of allylic oxidation sites excluding steroid dienone is 3. The second-order valence-corrected chi connectivity index (χ2v) is 8.71. The summed E-state index contributed by atoms with van der Waals surface area (Å²) >= 11 is 0. The predicted octanol–water partition coefficient (Wildman–Crippen LogP) is 4.71. The van der Waals surface area contributed by atoms with Gasteiger partial charge >= 0.3 is 0 Å². The number of ketones is 1. The second kappa shape index (κ2) is 7.16. The number of hydrogen-bond donors (Lipinski definition) is 1. The van der Waals surface area contributed by atoms with Crippen molar-refractivity contribution in [1.29, 1.82) is 0 Å². The minimum atomic E-state index is 0.182. The molecule has 0 unspecified atom stereocenters. The van der Waals surface area contributed by atoms with Gasteiger partial charge in [-0.2, -0.15) is 0 Å². The Bertz CT molecular complexity index is 1370. The van der Waals surface area contributed by atoms with Crippen molar-refractivity contribution in [2.45, 2.75) is 26.7 Å². The predicted molar refractivity (Wildman–Crippen MR) is 126 cm³/mol. The fourth-order valence-electron chi connectivity index (χ4n) is 5.00. The summed E-state index contributed by atoms with van der Waals surface area (Å²) in [6.07, 6.45) is 11.1. The lowest BCUT2D eigenvalue weighted by Crippen LogP contribution is -2.20. The maximum absolute atomic E-state index is 13.0. The summed E-state index contributed by atoms with van der Waals surface area (Å²) in [5, 5.41) is 3.42. The van der Waals surface area contributed by atoms with Crippen LogP contribution in [0.4, 0.5) is 5.69 Å². The van der Waals surface area contributed by atoms with E-state index in [0.29, 0.717) is 18.9 Å². The van der Waals surface area contributed by atoms with E-state index in [-0.39, 0.29) is 5.78 Å². The first-order chi connectivity index (χ1) is 15.6. The van der Waals surface area contributed by atoms with E-state index >= 15 is 0 Å². The topological polar surface area (TPSA) is 64.1 Å². The van der Waals surface area contributed by atoms with E-state index in [1.165, 1.54) is 5.56 Å². The minimum Gasteiger partial charge on any atom is -0.474 e. The first-order valence-electron chi connectivity index (χ1n) is 11.0. The van der Waals surface area contributed by atoms with Crippen LogP contribution >= 0.6 is 0 Å². The van der Waals surface area contributed by atoms with Gasteiger partial charge in [-0.05, 0) is 89.1 Å². The number of aryl methyl sites for hydroxylation is 1. The number of nitrogens with one attached hydrogen (secondary N) is 1. The Morgan fingerprint density at radius 3 is 2.84 bits per heavy atom. The van der Waals surface area contributed by atoms with Crippen molar-refractivity contribution in [2.24, 2.45) is 0 Å². The van der Waals surface area contributed by atoms with Crippen LogP contribution in [0.15, 0.2) is 48.4 Å². The zero-order valence-corrected chi connectivity index (χ0v) is 18.2. The van der Waals surface area contributed by atoms with E-state index in [0.717, 1.165) is 68.7 Å². The molecule has 0 amide bonds. The van der Waals surface area contributed by atoms with E-state index in [4.69, 9.17) is 4.74 Å². The Labute approximate surface area is 186 Å². The fraction of sp³-hybridized carbons (Fsp3) is 0.222. The monoisotopic (exact) mass is 421 g/mol. The molecule has 3 aliphatic rings. The molecule has 1 N–H and O–H groups in total. The summed E-state index contributed by atoms with van der Waals surface area (Å²) < 4.78 is 5.69. The van der Waals surface area contributed by atoms with Crippen molar-refractivity contribution >= 4 is 23.1 Å². The van der Waals surface area contributed by atoms with Crippen molar-refractivity contribution < 1.29 is 9.53 Å². The van der Waals surface area contributed by atoms with Gasteiger partial charge in [-0.15, -0.1) is 0 Å². The SMILES string of the molecule is Cc1cc2c(cc1-c1cnc3c(c1C)NCCO3)/C(=C/C1=Cc3cnccc3C1)C(=O)C2. The van der Waals surface area contributed by atoms with Crippen LogP contribution in [0, 0.1) is 13.8 Å². The Morgan fingerprint density at radius 1 is 1.06 bits per heavy atom. The summed E-state index contributed by atoms with van der Waals surface area (Å²) in [7, 11) is 0. The molecule has 0 spiro atoms. The van der Waals surface area contributed by atoms with E-state index in [2.05, 4.69) is 53.4 Å². The molecule has 158 valence electrons. The number of hydrogen-bond acceptors (Lipinski definition) is 5. The highest BCUT2D eigenvalue weighted by atomic mass is 16.5. The maximum Gasteiger partial charge on any atom is 0.237 e.